The van der Waals surface area contributed by atoms with Gasteiger partial charge < -0.3 is 10.4 Å². The molecule has 0 saturated heterocycles. The van der Waals surface area contributed by atoms with Crippen molar-refractivity contribution in [2.75, 3.05) is 0 Å². The van der Waals surface area contributed by atoms with Gasteiger partial charge >= 0.3 is 0 Å². The zero-order valence-corrected chi connectivity index (χ0v) is 11.5. The number of halogens is 1. The van der Waals surface area contributed by atoms with Crippen LogP contribution in [0.25, 0.3) is 0 Å². The van der Waals surface area contributed by atoms with Crippen molar-refractivity contribution < 1.29 is 9.90 Å². The highest BCUT2D eigenvalue weighted by Gasteiger charge is 2.18. The van der Waals surface area contributed by atoms with E-state index in [0.29, 0.717) is 10.6 Å². The zero-order valence-electron chi connectivity index (χ0n) is 10.8. The SMILES string of the molecule is CC(NC(=O)Cn1cnnn1)C(O)c1ccc(Cl)cc1. The molecule has 0 aliphatic rings. The summed E-state index contributed by atoms with van der Waals surface area (Å²) in [7, 11) is 0. The molecule has 8 heteroatoms. The molecule has 0 radical (unpaired) electrons. The first-order valence-corrected chi connectivity index (χ1v) is 6.37. The van der Waals surface area contributed by atoms with Crippen molar-refractivity contribution in [1.82, 2.24) is 25.5 Å². The van der Waals surface area contributed by atoms with Gasteiger partial charge in [-0.2, -0.15) is 0 Å². The van der Waals surface area contributed by atoms with Crippen LogP contribution in [0.3, 0.4) is 0 Å². The quantitative estimate of drug-likeness (QED) is 0.841. The summed E-state index contributed by atoms with van der Waals surface area (Å²) in [6.07, 6.45) is 0.532. The minimum absolute atomic E-state index is 0.00464. The fourth-order valence-electron chi connectivity index (χ4n) is 1.73. The molecule has 1 aromatic heterocycles. The molecule has 106 valence electrons. The molecule has 0 spiro atoms. The highest BCUT2D eigenvalue weighted by Crippen LogP contribution is 2.19. The third-order valence-electron chi connectivity index (χ3n) is 2.77. The van der Waals surface area contributed by atoms with Crippen molar-refractivity contribution in [3.63, 3.8) is 0 Å². The minimum Gasteiger partial charge on any atom is -0.386 e. The first kappa shape index (κ1) is 14.4. The summed E-state index contributed by atoms with van der Waals surface area (Å²) in [6, 6.07) is 6.37. The largest absolute Gasteiger partial charge is 0.386 e. The van der Waals surface area contributed by atoms with E-state index < -0.39 is 12.1 Å². The van der Waals surface area contributed by atoms with E-state index in [4.69, 9.17) is 11.6 Å². The summed E-state index contributed by atoms with van der Waals surface area (Å²) in [5.41, 5.74) is 0.685. The van der Waals surface area contributed by atoms with Gasteiger partial charge in [-0.05, 0) is 35.0 Å². The van der Waals surface area contributed by atoms with Gasteiger partial charge in [0.05, 0.1) is 12.1 Å². The Labute approximate surface area is 120 Å². The van der Waals surface area contributed by atoms with E-state index in [1.165, 1.54) is 11.0 Å². The Morgan fingerprint density at radius 2 is 2.15 bits per heavy atom. The van der Waals surface area contributed by atoms with Crippen LogP contribution < -0.4 is 5.32 Å². The summed E-state index contributed by atoms with van der Waals surface area (Å²) < 4.78 is 1.30. The van der Waals surface area contributed by atoms with Crippen LogP contribution in [0.4, 0.5) is 0 Å². The van der Waals surface area contributed by atoms with Crippen molar-refractivity contribution in [1.29, 1.82) is 0 Å². The molecule has 20 heavy (non-hydrogen) atoms. The van der Waals surface area contributed by atoms with Crippen LogP contribution in [0.1, 0.15) is 18.6 Å². The Morgan fingerprint density at radius 3 is 2.75 bits per heavy atom. The first-order valence-electron chi connectivity index (χ1n) is 6.00. The predicted molar refractivity (Wildman–Crippen MR) is 71.8 cm³/mol. The second-order valence-electron chi connectivity index (χ2n) is 4.36. The van der Waals surface area contributed by atoms with E-state index in [2.05, 4.69) is 20.8 Å². The number of amides is 1. The monoisotopic (exact) mass is 295 g/mol. The van der Waals surface area contributed by atoms with Crippen LogP contribution >= 0.6 is 11.6 Å². The lowest BCUT2D eigenvalue weighted by Crippen LogP contribution is -2.39. The number of hydrogen-bond acceptors (Lipinski definition) is 5. The first-order chi connectivity index (χ1) is 9.56. The second-order valence-corrected chi connectivity index (χ2v) is 4.80. The average molecular weight is 296 g/mol. The predicted octanol–water partition coefficient (Wildman–Crippen LogP) is 0.565. The van der Waals surface area contributed by atoms with Crippen LogP contribution in [-0.2, 0) is 11.3 Å². The summed E-state index contributed by atoms with van der Waals surface area (Å²) in [4.78, 5) is 11.8. The van der Waals surface area contributed by atoms with E-state index in [1.54, 1.807) is 31.2 Å². The number of aliphatic hydroxyl groups excluding tert-OH is 1. The maximum absolute atomic E-state index is 11.8. The number of rotatable bonds is 5. The van der Waals surface area contributed by atoms with Gasteiger partial charge in [0.2, 0.25) is 5.91 Å². The number of hydrogen-bond donors (Lipinski definition) is 2. The van der Waals surface area contributed by atoms with E-state index in [0.717, 1.165) is 0 Å². The molecule has 2 aromatic rings. The molecule has 2 N–H and O–H groups in total. The van der Waals surface area contributed by atoms with Crippen LogP contribution in [0.5, 0.6) is 0 Å². The van der Waals surface area contributed by atoms with Crippen molar-refractivity contribution in [2.45, 2.75) is 25.6 Å². The molecular weight excluding hydrogens is 282 g/mol. The normalized spacial score (nSPS) is 13.8. The Balaban J connectivity index is 1.91. The number of nitrogens with one attached hydrogen (secondary N) is 1. The number of aromatic nitrogens is 4. The zero-order chi connectivity index (χ0) is 14.5. The number of aliphatic hydroxyl groups is 1. The Morgan fingerprint density at radius 1 is 1.45 bits per heavy atom. The third-order valence-corrected chi connectivity index (χ3v) is 3.02. The van der Waals surface area contributed by atoms with Gasteiger partial charge in [0, 0.05) is 5.02 Å². The number of carbonyl (C=O) groups is 1. The van der Waals surface area contributed by atoms with Crippen LogP contribution in [0, 0.1) is 0 Å². The van der Waals surface area contributed by atoms with Crippen LogP contribution in [-0.4, -0.2) is 37.3 Å². The van der Waals surface area contributed by atoms with E-state index in [9.17, 15) is 9.90 Å². The Bertz CT molecular complexity index is 558. The maximum atomic E-state index is 11.8. The molecular formula is C12H14ClN5O2. The number of benzene rings is 1. The van der Waals surface area contributed by atoms with E-state index >= 15 is 0 Å². The van der Waals surface area contributed by atoms with Gasteiger partial charge in [-0.25, -0.2) is 4.68 Å². The molecule has 0 bridgehead atoms. The standard InChI is InChI=1S/C12H14ClN5O2/c1-8(12(20)9-2-4-10(13)5-3-9)15-11(19)6-18-7-14-16-17-18/h2-5,7-8,12,20H,6H2,1H3,(H,15,19). The number of carbonyl (C=O) groups excluding carboxylic acids is 1. The summed E-state index contributed by atoms with van der Waals surface area (Å²) in [5.74, 6) is -0.280. The summed E-state index contributed by atoms with van der Waals surface area (Å²) in [5, 5.41) is 23.9. The fraction of sp³-hybridized carbons (Fsp3) is 0.333. The molecule has 0 aliphatic heterocycles. The molecule has 2 rings (SSSR count). The molecule has 1 aromatic carbocycles. The Hall–Kier alpha value is -1.99. The highest BCUT2D eigenvalue weighted by molar-refractivity contribution is 6.30. The van der Waals surface area contributed by atoms with Crippen molar-refractivity contribution in [2.24, 2.45) is 0 Å². The highest BCUT2D eigenvalue weighted by atomic mass is 35.5. The minimum atomic E-state index is -0.815. The molecule has 1 heterocycles. The summed E-state index contributed by atoms with van der Waals surface area (Å²) in [6.45, 7) is 1.72. The van der Waals surface area contributed by atoms with Crippen molar-refractivity contribution in [3.05, 3.63) is 41.2 Å². The van der Waals surface area contributed by atoms with Gasteiger partial charge in [0.1, 0.15) is 12.9 Å². The molecule has 2 unspecified atom stereocenters. The van der Waals surface area contributed by atoms with E-state index in [-0.39, 0.29) is 12.5 Å². The molecule has 0 saturated carbocycles. The molecule has 2 atom stereocenters. The maximum Gasteiger partial charge on any atom is 0.242 e. The van der Waals surface area contributed by atoms with E-state index in [1.807, 2.05) is 0 Å². The lowest BCUT2D eigenvalue weighted by Gasteiger charge is -2.20. The lowest BCUT2D eigenvalue weighted by atomic mass is 10.0. The van der Waals surface area contributed by atoms with Crippen molar-refractivity contribution >= 4 is 17.5 Å². The molecule has 0 aliphatic carbocycles. The smallest absolute Gasteiger partial charge is 0.242 e. The van der Waals surface area contributed by atoms with Gasteiger partial charge in [0.15, 0.2) is 0 Å². The van der Waals surface area contributed by atoms with Gasteiger partial charge in [-0.3, -0.25) is 4.79 Å². The molecule has 7 nitrogen and oxygen atoms in total. The topological polar surface area (TPSA) is 92.9 Å². The average Bonchev–Trinajstić information content (AvgIpc) is 2.91. The lowest BCUT2D eigenvalue weighted by molar-refractivity contribution is -0.123. The fourth-order valence-corrected chi connectivity index (χ4v) is 1.85. The van der Waals surface area contributed by atoms with Gasteiger partial charge in [-0.15, -0.1) is 5.10 Å². The Kier molecular flexibility index (Phi) is 4.65. The number of nitrogens with zero attached hydrogens (tertiary/aromatic N) is 4. The molecule has 0 fully saturated rings. The van der Waals surface area contributed by atoms with Crippen molar-refractivity contribution in [3.8, 4) is 0 Å². The van der Waals surface area contributed by atoms with Gasteiger partial charge in [0.25, 0.3) is 0 Å². The van der Waals surface area contributed by atoms with Gasteiger partial charge in [-0.1, -0.05) is 23.7 Å². The number of tetrazole rings is 1. The third kappa shape index (κ3) is 3.75. The summed E-state index contributed by atoms with van der Waals surface area (Å²) >= 11 is 5.79. The van der Waals surface area contributed by atoms with Crippen LogP contribution in [0.15, 0.2) is 30.6 Å². The second kappa shape index (κ2) is 6.44. The molecule has 1 amide bonds. The van der Waals surface area contributed by atoms with Crippen LogP contribution in [0.2, 0.25) is 5.02 Å².